The van der Waals surface area contributed by atoms with Gasteiger partial charge in [0, 0.05) is 12.1 Å². The number of aryl methyl sites for hydroxylation is 2. The SMILES string of the molecule is CCc1cc[n+](C)c(CC(=O)[O-])c1. The van der Waals surface area contributed by atoms with Crippen molar-refractivity contribution in [2.24, 2.45) is 7.05 Å². The van der Waals surface area contributed by atoms with Crippen LogP contribution in [0.25, 0.3) is 0 Å². The van der Waals surface area contributed by atoms with E-state index in [1.54, 1.807) is 4.57 Å². The summed E-state index contributed by atoms with van der Waals surface area (Å²) in [5, 5.41) is 10.4. The number of pyridine rings is 1. The fourth-order valence-corrected chi connectivity index (χ4v) is 1.21. The monoisotopic (exact) mass is 179 g/mol. The first-order chi connectivity index (χ1) is 6.13. The first-order valence-electron chi connectivity index (χ1n) is 4.30. The number of carbonyl (C=O) groups excluding carboxylic acids is 1. The van der Waals surface area contributed by atoms with E-state index < -0.39 is 5.97 Å². The zero-order chi connectivity index (χ0) is 9.84. The van der Waals surface area contributed by atoms with Crippen LogP contribution in [0, 0.1) is 0 Å². The largest absolute Gasteiger partial charge is 0.550 e. The molecule has 0 amide bonds. The molecule has 0 aliphatic rings. The standard InChI is InChI=1S/C10H13NO2/c1-3-8-4-5-11(2)9(6-8)7-10(12)13/h4-6H,3,7H2,1-2H3. The lowest BCUT2D eigenvalue weighted by Crippen LogP contribution is -2.37. The lowest BCUT2D eigenvalue weighted by molar-refractivity contribution is -0.678. The number of nitrogens with zero attached hydrogens (tertiary/aromatic N) is 1. The number of rotatable bonds is 3. The second kappa shape index (κ2) is 4.03. The van der Waals surface area contributed by atoms with E-state index in [1.807, 2.05) is 32.3 Å². The maximum Gasteiger partial charge on any atom is 0.186 e. The quantitative estimate of drug-likeness (QED) is 0.580. The molecule has 0 radical (unpaired) electrons. The second-order valence-corrected chi connectivity index (χ2v) is 3.04. The Morgan fingerprint density at radius 2 is 2.31 bits per heavy atom. The summed E-state index contributed by atoms with van der Waals surface area (Å²) in [6.07, 6.45) is 2.77. The number of carbonyl (C=O) groups is 1. The molecule has 0 N–H and O–H groups in total. The average molecular weight is 179 g/mol. The van der Waals surface area contributed by atoms with Gasteiger partial charge in [-0.3, -0.25) is 0 Å². The summed E-state index contributed by atoms with van der Waals surface area (Å²) in [6.45, 7) is 2.04. The van der Waals surface area contributed by atoms with E-state index in [-0.39, 0.29) is 6.42 Å². The molecular formula is C10H13NO2. The first-order valence-corrected chi connectivity index (χ1v) is 4.30. The summed E-state index contributed by atoms with van der Waals surface area (Å²) in [4.78, 5) is 10.4. The lowest BCUT2D eigenvalue weighted by Gasteiger charge is -2.02. The second-order valence-electron chi connectivity index (χ2n) is 3.04. The van der Waals surface area contributed by atoms with Gasteiger partial charge in [0.2, 0.25) is 0 Å². The van der Waals surface area contributed by atoms with E-state index in [1.165, 1.54) is 0 Å². The van der Waals surface area contributed by atoms with Gasteiger partial charge in [-0.05, 0) is 12.0 Å². The van der Waals surface area contributed by atoms with Crippen LogP contribution in [0.2, 0.25) is 0 Å². The molecule has 0 saturated carbocycles. The molecular weight excluding hydrogens is 166 g/mol. The molecule has 1 heterocycles. The molecule has 0 aromatic carbocycles. The van der Waals surface area contributed by atoms with Crippen LogP contribution >= 0.6 is 0 Å². The molecule has 0 unspecified atom stereocenters. The van der Waals surface area contributed by atoms with Crippen molar-refractivity contribution in [2.45, 2.75) is 19.8 Å². The van der Waals surface area contributed by atoms with Crippen molar-refractivity contribution in [1.29, 1.82) is 0 Å². The Bertz CT molecular complexity index is 321. The van der Waals surface area contributed by atoms with Crippen molar-refractivity contribution in [3.05, 3.63) is 29.6 Å². The van der Waals surface area contributed by atoms with Crippen LogP contribution in [0.15, 0.2) is 18.3 Å². The third-order valence-corrected chi connectivity index (χ3v) is 2.05. The molecule has 70 valence electrons. The minimum absolute atomic E-state index is 0.0235. The zero-order valence-electron chi connectivity index (χ0n) is 7.91. The van der Waals surface area contributed by atoms with E-state index in [4.69, 9.17) is 0 Å². The predicted octanol–water partition coefficient (Wildman–Crippen LogP) is -0.634. The average Bonchev–Trinajstić information content (AvgIpc) is 2.08. The molecule has 0 saturated heterocycles. The summed E-state index contributed by atoms with van der Waals surface area (Å²) >= 11 is 0. The minimum atomic E-state index is -1.04. The van der Waals surface area contributed by atoms with Crippen LogP contribution in [0.4, 0.5) is 0 Å². The predicted molar refractivity (Wildman–Crippen MR) is 45.7 cm³/mol. The summed E-state index contributed by atoms with van der Waals surface area (Å²) in [7, 11) is 1.83. The summed E-state index contributed by atoms with van der Waals surface area (Å²) < 4.78 is 1.80. The number of aromatic nitrogens is 1. The van der Waals surface area contributed by atoms with Crippen LogP contribution in [-0.4, -0.2) is 5.97 Å². The van der Waals surface area contributed by atoms with Crippen molar-refractivity contribution in [1.82, 2.24) is 0 Å². The smallest absolute Gasteiger partial charge is 0.186 e. The zero-order valence-corrected chi connectivity index (χ0v) is 7.91. The van der Waals surface area contributed by atoms with Gasteiger partial charge in [0.25, 0.3) is 0 Å². The van der Waals surface area contributed by atoms with E-state index >= 15 is 0 Å². The highest BCUT2D eigenvalue weighted by Gasteiger charge is 2.06. The Labute approximate surface area is 77.6 Å². The Hall–Kier alpha value is -1.38. The minimum Gasteiger partial charge on any atom is -0.550 e. The van der Waals surface area contributed by atoms with Gasteiger partial charge in [0.05, 0.1) is 12.4 Å². The molecule has 0 atom stereocenters. The highest BCUT2D eigenvalue weighted by molar-refractivity contribution is 5.66. The third kappa shape index (κ3) is 2.54. The maximum absolute atomic E-state index is 10.4. The fraction of sp³-hybridized carbons (Fsp3) is 0.400. The van der Waals surface area contributed by atoms with Crippen molar-refractivity contribution in [2.75, 3.05) is 0 Å². The van der Waals surface area contributed by atoms with Crippen molar-refractivity contribution in [3.63, 3.8) is 0 Å². The Balaban J connectivity index is 2.96. The van der Waals surface area contributed by atoms with E-state index in [0.717, 1.165) is 17.7 Å². The molecule has 0 aliphatic heterocycles. The molecule has 3 nitrogen and oxygen atoms in total. The molecule has 0 fully saturated rings. The third-order valence-electron chi connectivity index (χ3n) is 2.05. The normalized spacial score (nSPS) is 10.0. The number of hydrogen-bond acceptors (Lipinski definition) is 2. The first kappa shape index (κ1) is 9.71. The highest BCUT2D eigenvalue weighted by atomic mass is 16.4. The van der Waals surface area contributed by atoms with Crippen LogP contribution in [0.3, 0.4) is 0 Å². The van der Waals surface area contributed by atoms with Crippen molar-refractivity contribution < 1.29 is 14.5 Å². The number of hydrogen-bond donors (Lipinski definition) is 0. The topological polar surface area (TPSA) is 44.0 Å². The molecule has 0 bridgehead atoms. The summed E-state index contributed by atoms with van der Waals surface area (Å²) in [6, 6.07) is 3.88. The van der Waals surface area contributed by atoms with Gasteiger partial charge in [0.1, 0.15) is 7.05 Å². The van der Waals surface area contributed by atoms with E-state index in [0.29, 0.717) is 0 Å². The van der Waals surface area contributed by atoms with Gasteiger partial charge in [-0.15, -0.1) is 0 Å². The van der Waals surface area contributed by atoms with Crippen molar-refractivity contribution in [3.8, 4) is 0 Å². The molecule has 1 aromatic rings. The number of carboxylic acid groups (broad SMARTS) is 1. The Kier molecular flexibility index (Phi) is 3.01. The van der Waals surface area contributed by atoms with Crippen LogP contribution in [0.5, 0.6) is 0 Å². The van der Waals surface area contributed by atoms with Crippen LogP contribution < -0.4 is 9.67 Å². The molecule has 13 heavy (non-hydrogen) atoms. The fourth-order valence-electron chi connectivity index (χ4n) is 1.21. The Morgan fingerprint density at radius 3 is 2.85 bits per heavy atom. The summed E-state index contributed by atoms with van der Waals surface area (Å²) in [5.41, 5.74) is 1.92. The van der Waals surface area contributed by atoms with E-state index in [9.17, 15) is 9.90 Å². The molecule has 3 heteroatoms. The van der Waals surface area contributed by atoms with Gasteiger partial charge in [-0.25, -0.2) is 4.57 Å². The van der Waals surface area contributed by atoms with E-state index in [2.05, 4.69) is 0 Å². The van der Waals surface area contributed by atoms with Crippen LogP contribution in [-0.2, 0) is 24.7 Å². The lowest BCUT2D eigenvalue weighted by atomic mass is 10.1. The highest BCUT2D eigenvalue weighted by Crippen LogP contribution is 2.00. The number of carboxylic acids is 1. The van der Waals surface area contributed by atoms with Gasteiger partial charge >= 0.3 is 0 Å². The molecule has 0 aliphatic carbocycles. The van der Waals surface area contributed by atoms with Gasteiger partial charge in [0.15, 0.2) is 11.9 Å². The summed E-state index contributed by atoms with van der Waals surface area (Å²) in [5.74, 6) is -1.04. The van der Waals surface area contributed by atoms with Crippen molar-refractivity contribution >= 4 is 5.97 Å². The van der Waals surface area contributed by atoms with Gasteiger partial charge in [-0.2, -0.15) is 0 Å². The molecule has 0 spiro atoms. The Morgan fingerprint density at radius 1 is 1.62 bits per heavy atom. The molecule has 1 rings (SSSR count). The molecule has 1 aromatic heterocycles. The van der Waals surface area contributed by atoms with Crippen LogP contribution in [0.1, 0.15) is 18.2 Å². The number of aliphatic carboxylic acids is 1. The van der Waals surface area contributed by atoms with Gasteiger partial charge < -0.3 is 9.90 Å². The maximum atomic E-state index is 10.4. The van der Waals surface area contributed by atoms with Gasteiger partial charge in [-0.1, -0.05) is 6.92 Å².